The number of nitrogens with one attached hydrogen (secondary N) is 3. The number of unbranched alkanes of at least 4 members (excludes halogenated alkanes) is 1. The van der Waals surface area contributed by atoms with E-state index in [4.69, 9.17) is 0 Å². The van der Waals surface area contributed by atoms with Gasteiger partial charge in [-0.25, -0.2) is 4.79 Å². The van der Waals surface area contributed by atoms with Gasteiger partial charge in [0.15, 0.2) is 0 Å². The summed E-state index contributed by atoms with van der Waals surface area (Å²) >= 11 is 1.92. The van der Waals surface area contributed by atoms with E-state index in [0.717, 1.165) is 36.4 Å². The number of hydrogen-bond acceptors (Lipinski definition) is 4. The van der Waals surface area contributed by atoms with E-state index in [1.807, 2.05) is 23.9 Å². The third-order valence-corrected chi connectivity index (χ3v) is 6.25. The molecular weight excluding hydrogens is 336 g/mol. The van der Waals surface area contributed by atoms with Crippen molar-refractivity contribution in [2.45, 2.75) is 62.8 Å². The van der Waals surface area contributed by atoms with Crippen molar-refractivity contribution in [3.8, 4) is 0 Å². The van der Waals surface area contributed by atoms with Gasteiger partial charge in [-0.05, 0) is 30.9 Å². The first kappa shape index (κ1) is 18.0. The number of aromatic nitrogens is 1. The molecule has 2 aliphatic rings. The van der Waals surface area contributed by atoms with E-state index < -0.39 is 0 Å². The van der Waals surface area contributed by atoms with Crippen molar-refractivity contribution in [3.05, 3.63) is 24.0 Å². The molecule has 1 aromatic heterocycles. The molecule has 3 amide bonds. The van der Waals surface area contributed by atoms with Crippen LogP contribution in [0.2, 0.25) is 0 Å². The first-order valence-electron chi connectivity index (χ1n) is 8.97. The molecule has 3 N–H and O–H groups in total. The maximum atomic E-state index is 12.0. The molecule has 2 fully saturated rings. The number of pyridine rings is 1. The molecule has 7 heteroatoms. The Balaban J connectivity index is 1.35. The fraction of sp³-hybridized carbons (Fsp3) is 0.611. The second kappa shape index (κ2) is 8.08. The van der Waals surface area contributed by atoms with Crippen molar-refractivity contribution >= 4 is 29.4 Å². The van der Waals surface area contributed by atoms with Crippen LogP contribution in [0.3, 0.4) is 0 Å². The fourth-order valence-electron chi connectivity index (χ4n) is 3.32. The molecular formula is C18H26N4O2S. The fourth-order valence-corrected chi connectivity index (χ4v) is 4.86. The average Bonchev–Trinajstić information content (AvgIpc) is 3.11. The smallest absolute Gasteiger partial charge is 0.315 e. The molecule has 2 saturated heterocycles. The summed E-state index contributed by atoms with van der Waals surface area (Å²) < 4.78 is 0. The quantitative estimate of drug-likeness (QED) is 0.514. The van der Waals surface area contributed by atoms with E-state index in [9.17, 15) is 9.59 Å². The number of thioether (sulfide) groups is 1. The summed E-state index contributed by atoms with van der Waals surface area (Å²) in [6.07, 6.45) is 5.12. The molecule has 136 valence electrons. The minimum absolute atomic E-state index is 0.0342. The number of carbonyl (C=O) groups is 2. The number of anilines is 1. The van der Waals surface area contributed by atoms with E-state index in [-0.39, 0.29) is 24.0 Å². The molecule has 0 aliphatic carbocycles. The monoisotopic (exact) mass is 362 g/mol. The van der Waals surface area contributed by atoms with Crippen LogP contribution in [-0.2, 0) is 4.79 Å². The molecule has 0 bridgehead atoms. The molecule has 0 spiro atoms. The highest BCUT2D eigenvalue weighted by Gasteiger charge is 2.42. The Bertz CT molecular complexity index is 620. The number of fused-ring (bicyclic) bond motifs is 1. The second-order valence-corrected chi connectivity index (χ2v) is 8.31. The van der Waals surface area contributed by atoms with Crippen molar-refractivity contribution in [2.75, 3.05) is 11.1 Å². The van der Waals surface area contributed by atoms with E-state index in [2.05, 4.69) is 34.8 Å². The van der Waals surface area contributed by atoms with Crippen LogP contribution in [0.25, 0.3) is 0 Å². The van der Waals surface area contributed by atoms with Crippen LogP contribution >= 0.6 is 11.8 Å². The summed E-state index contributed by atoms with van der Waals surface area (Å²) in [4.78, 5) is 27.8. The predicted molar refractivity (Wildman–Crippen MR) is 101 cm³/mol. The summed E-state index contributed by atoms with van der Waals surface area (Å²) in [5.41, 5.74) is 1.78. The Morgan fingerprint density at radius 1 is 1.36 bits per heavy atom. The molecule has 6 nitrogen and oxygen atoms in total. The Kier molecular flexibility index (Phi) is 5.83. The molecule has 25 heavy (non-hydrogen) atoms. The maximum absolute atomic E-state index is 12.0. The number of rotatable bonds is 7. The summed E-state index contributed by atoms with van der Waals surface area (Å²) in [5.74, 6) is 1.40. The van der Waals surface area contributed by atoms with Gasteiger partial charge in [-0.3, -0.25) is 9.78 Å². The van der Waals surface area contributed by atoms with Gasteiger partial charge in [-0.2, -0.15) is 11.8 Å². The first-order valence-corrected chi connectivity index (χ1v) is 10.0. The van der Waals surface area contributed by atoms with E-state index in [1.54, 1.807) is 6.20 Å². The number of hydrogen-bond donors (Lipinski definition) is 3. The number of nitrogens with zero attached hydrogens (tertiary/aromatic N) is 1. The Morgan fingerprint density at radius 3 is 2.92 bits per heavy atom. The zero-order valence-corrected chi connectivity index (χ0v) is 15.6. The molecule has 0 aromatic carbocycles. The lowest BCUT2D eigenvalue weighted by Gasteiger charge is -2.16. The van der Waals surface area contributed by atoms with Gasteiger partial charge < -0.3 is 16.0 Å². The SMILES string of the molecule is CC(C)c1ccc(NC(=O)CCCCC2SCC3NC(=O)NC32)cn1. The van der Waals surface area contributed by atoms with Gasteiger partial charge in [-0.1, -0.05) is 20.3 Å². The molecule has 0 radical (unpaired) electrons. The van der Waals surface area contributed by atoms with Crippen molar-refractivity contribution in [3.63, 3.8) is 0 Å². The predicted octanol–water partition coefficient (Wildman–Crippen LogP) is 2.87. The van der Waals surface area contributed by atoms with Crippen LogP contribution in [0.1, 0.15) is 51.1 Å². The number of amides is 3. The molecule has 3 rings (SSSR count). The highest BCUT2D eigenvalue weighted by atomic mass is 32.2. The average molecular weight is 362 g/mol. The zero-order chi connectivity index (χ0) is 17.8. The zero-order valence-electron chi connectivity index (χ0n) is 14.7. The van der Waals surface area contributed by atoms with Gasteiger partial charge in [0.05, 0.1) is 24.0 Å². The van der Waals surface area contributed by atoms with Crippen molar-refractivity contribution in [2.24, 2.45) is 0 Å². The van der Waals surface area contributed by atoms with Crippen LogP contribution < -0.4 is 16.0 Å². The third-order valence-electron chi connectivity index (χ3n) is 4.74. The van der Waals surface area contributed by atoms with Crippen molar-refractivity contribution < 1.29 is 9.59 Å². The summed E-state index contributed by atoms with van der Waals surface area (Å²) in [6.45, 7) is 4.19. The minimum Gasteiger partial charge on any atom is -0.332 e. The highest BCUT2D eigenvalue weighted by molar-refractivity contribution is 8.00. The lowest BCUT2D eigenvalue weighted by Crippen LogP contribution is -2.36. The lowest BCUT2D eigenvalue weighted by atomic mass is 10.0. The Hall–Kier alpha value is -1.76. The van der Waals surface area contributed by atoms with Crippen LogP contribution in [-0.4, -0.2) is 40.0 Å². The number of carbonyl (C=O) groups excluding carboxylic acids is 2. The van der Waals surface area contributed by atoms with Gasteiger partial charge in [0.1, 0.15) is 0 Å². The van der Waals surface area contributed by atoms with Gasteiger partial charge in [0, 0.05) is 23.1 Å². The highest BCUT2D eigenvalue weighted by Crippen LogP contribution is 2.33. The molecule has 2 aliphatic heterocycles. The first-order chi connectivity index (χ1) is 12.0. The van der Waals surface area contributed by atoms with Crippen LogP contribution in [0, 0.1) is 0 Å². The second-order valence-electron chi connectivity index (χ2n) is 7.04. The van der Waals surface area contributed by atoms with Crippen LogP contribution in [0.4, 0.5) is 10.5 Å². The van der Waals surface area contributed by atoms with Crippen LogP contribution in [0.5, 0.6) is 0 Å². The number of urea groups is 1. The van der Waals surface area contributed by atoms with Gasteiger partial charge in [0.2, 0.25) is 5.91 Å². The molecule has 3 unspecified atom stereocenters. The standard InChI is InChI=1S/C18H26N4O2S/c1-11(2)13-8-7-12(9-19-13)20-16(23)6-4-3-5-15-17-14(10-25-15)21-18(24)22-17/h7-9,11,14-15,17H,3-6,10H2,1-2H3,(H,20,23)(H2,21,22,24). The summed E-state index contributed by atoms with van der Waals surface area (Å²) in [7, 11) is 0. The minimum atomic E-state index is -0.0447. The van der Waals surface area contributed by atoms with Crippen molar-refractivity contribution in [1.82, 2.24) is 15.6 Å². The largest absolute Gasteiger partial charge is 0.332 e. The third kappa shape index (κ3) is 4.66. The summed E-state index contributed by atoms with van der Waals surface area (Å²) in [6, 6.07) is 4.34. The molecule has 3 atom stereocenters. The molecule has 1 aromatic rings. The van der Waals surface area contributed by atoms with E-state index in [0.29, 0.717) is 17.6 Å². The van der Waals surface area contributed by atoms with Gasteiger partial charge in [0.25, 0.3) is 0 Å². The molecule has 3 heterocycles. The van der Waals surface area contributed by atoms with Gasteiger partial charge >= 0.3 is 6.03 Å². The van der Waals surface area contributed by atoms with Crippen LogP contribution in [0.15, 0.2) is 18.3 Å². The molecule has 0 saturated carbocycles. The normalized spacial score (nSPS) is 24.8. The Morgan fingerprint density at radius 2 is 2.20 bits per heavy atom. The van der Waals surface area contributed by atoms with E-state index >= 15 is 0 Å². The Labute approximate surface area is 152 Å². The van der Waals surface area contributed by atoms with Crippen molar-refractivity contribution in [1.29, 1.82) is 0 Å². The van der Waals surface area contributed by atoms with Gasteiger partial charge in [-0.15, -0.1) is 0 Å². The maximum Gasteiger partial charge on any atom is 0.315 e. The lowest BCUT2D eigenvalue weighted by molar-refractivity contribution is -0.116. The van der Waals surface area contributed by atoms with E-state index in [1.165, 1.54) is 0 Å². The summed E-state index contributed by atoms with van der Waals surface area (Å²) in [5, 5.41) is 9.32. The topological polar surface area (TPSA) is 83.1 Å².